The average molecular weight is 333 g/mol. The second-order valence-corrected chi connectivity index (χ2v) is 6.14. The number of rotatable bonds is 5. The highest BCUT2D eigenvalue weighted by Gasteiger charge is 2.45. The van der Waals surface area contributed by atoms with Gasteiger partial charge < -0.3 is 15.6 Å². The maximum atomic E-state index is 13.6. The van der Waals surface area contributed by atoms with E-state index in [1.165, 1.54) is 20.8 Å². The van der Waals surface area contributed by atoms with Crippen molar-refractivity contribution in [2.75, 3.05) is 0 Å². The molecule has 0 unspecified atom stereocenters. The predicted molar refractivity (Wildman–Crippen MR) is 75.0 cm³/mol. The number of carbonyl (C=O) groups excluding carboxylic acids is 1. The van der Waals surface area contributed by atoms with Crippen LogP contribution in [0.3, 0.4) is 0 Å². The van der Waals surface area contributed by atoms with Crippen LogP contribution in [0.15, 0.2) is 12.1 Å². The van der Waals surface area contributed by atoms with Crippen LogP contribution in [0.4, 0.5) is 13.2 Å². The third-order valence-electron chi connectivity index (χ3n) is 3.02. The molecule has 0 aliphatic heterocycles. The molecular formula is C15H18F3NO4. The van der Waals surface area contributed by atoms with Crippen LogP contribution in [0, 0.1) is 17.5 Å². The molecule has 0 aliphatic rings. The van der Waals surface area contributed by atoms with Crippen LogP contribution in [0.5, 0.6) is 0 Å². The van der Waals surface area contributed by atoms with Crippen LogP contribution in [-0.4, -0.2) is 28.2 Å². The number of benzene rings is 1. The van der Waals surface area contributed by atoms with Crippen molar-refractivity contribution < 1.29 is 32.6 Å². The maximum Gasteiger partial charge on any atom is 0.338 e. The molecule has 1 aromatic rings. The van der Waals surface area contributed by atoms with E-state index in [0.29, 0.717) is 12.1 Å². The molecule has 1 aromatic carbocycles. The van der Waals surface area contributed by atoms with Gasteiger partial charge in [0.2, 0.25) is 5.54 Å². The van der Waals surface area contributed by atoms with Crippen molar-refractivity contribution in [2.24, 2.45) is 5.73 Å². The van der Waals surface area contributed by atoms with E-state index >= 15 is 0 Å². The number of hydrogen-bond donors (Lipinski definition) is 2. The molecule has 23 heavy (non-hydrogen) atoms. The molecule has 0 saturated heterocycles. The standard InChI is InChI=1S/C15H18F3NO4/c1-14(2,3)23-13(22)15(19,12(20)21)5-4-8-6-10(17)11(18)7-9(8)16/h6-7H,4-5,19H2,1-3H3,(H,20,21)/t15-/m1/s1. The molecular weight excluding hydrogens is 315 g/mol. The van der Waals surface area contributed by atoms with Crippen LogP contribution >= 0.6 is 0 Å². The Kier molecular flexibility index (Phi) is 5.42. The van der Waals surface area contributed by atoms with Gasteiger partial charge in [0.15, 0.2) is 11.6 Å². The highest BCUT2D eigenvalue weighted by molar-refractivity contribution is 6.03. The lowest BCUT2D eigenvalue weighted by Gasteiger charge is -2.28. The van der Waals surface area contributed by atoms with Gasteiger partial charge in [-0.1, -0.05) is 0 Å². The minimum Gasteiger partial charge on any atom is -0.479 e. The zero-order chi connectivity index (χ0) is 18.0. The van der Waals surface area contributed by atoms with Crippen LogP contribution < -0.4 is 5.73 Å². The molecule has 0 bridgehead atoms. The molecule has 3 N–H and O–H groups in total. The Balaban J connectivity index is 2.99. The molecule has 0 radical (unpaired) electrons. The second-order valence-electron chi connectivity index (χ2n) is 6.14. The van der Waals surface area contributed by atoms with Gasteiger partial charge in [-0.25, -0.2) is 22.8 Å². The smallest absolute Gasteiger partial charge is 0.338 e. The summed E-state index contributed by atoms with van der Waals surface area (Å²) in [5.74, 6) is -6.55. The van der Waals surface area contributed by atoms with Crippen molar-refractivity contribution in [1.82, 2.24) is 0 Å². The Morgan fingerprint density at radius 2 is 1.65 bits per heavy atom. The van der Waals surface area contributed by atoms with Gasteiger partial charge in [-0.3, -0.25) is 0 Å². The SMILES string of the molecule is CC(C)(C)OC(=O)[C@@](N)(CCc1cc(F)c(F)cc1F)C(=O)O. The fraction of sp³-hybridized carbons (Fsp3) is 0.467. The van der Waals surface area contributed by atoms with Crippen molar-refractivity contribution >= 4 is 11.9 Å². The van der Waals surface area contributed by atoms with Gasteiger partial charge in [0.05, 0.1) is 0 Å². The molecule has 0 aromatic heterocycles. The molecule has 5 nitrogen and oxygen atoms in total. The Labute approximate surface area is 131 Å². The van der Waals surface area contributed by atoms with Crippen molar-refractivity contribution in [3.8, 4) is 0 Å². The van der Waals surface area contributed by atoms with Gasteiger partial charge in [0.1, 0.15) is 11.4 Å². The number of esters is 1. The van der Waals surface area contributed by atoms with Crippen LogP contribution in [-0.2, 0) is 20.7 Å². The first-order chi connectivity index (χ1) is 10.4. The number of carboxylic acids is 1. The zero-order valence-corrected chi connectivity index (χ0v) is 13.0. The Morgan fingerprint density at radius 1 is 1.13 bits per heavy atom. The van der Waals surface area contributed by atoms with Gasteiger partial charge in [-0.2, -0.15) is 0 Å². The summed E-state index contributed by atoms with van der Waals surface area (Å²) in [6, 6.07) is 0.944. The first-order valence-corrected chi connectivity index (χ1v) is 6.76. The third-order valence-corrected chi connectivity index (χ3v) is 3.02. The van der Waals surface area contributed by atoms with E-state index in [1.807, 2.05) is 0 Å². The number of aliphatic carboxylic acids is 1. The van der Waals surface area contributed by atoms with Crippen molar-refractivity contribution in [2.45, 2.75) is 44.8 Å². The second kappa shape index (κ2) is 6.57. The fourth-order valence-corrected chi connectivity index (χ4v) is 1.75. The Morgan fingerprint density at radius 3 is 2.13 bits per heavy atom. The summed E-state index contributed by atoms with van der Waals surface area (Å²) >= 11 is 0. The number of ether oxygens (including phenoxy) is 1. The summed E-state index contributed by atoms with van der Waals surface area (Å²) in [4.78, 5) is 23.3. The zero-order valence-electron chi connectivity index (χ0n) is 13.0. The Bertz CT molecular complexity index is 628. The van der Waals surface area contributed by atoms with Gasteiger partial charge in [0, 0.05) is 6.07 Å². The normalized spacial score (nSPS) is 14.2. The minimum absolute atomic E-state index is 0.288. The van der Waals surface area contributed by atoms with E-state index in [-0.39, 0.29) is 12.0 Å². The molecule has 0 fully saturated rings. The van der Waals surface area contributed by atoms with Crippen LogP contribution in [0.25, 0.3) is 0 Å². The number of nitrogens with two attached hydrogens (primary N) is 1. The summed E-state index contributed by atoms with van der Waals surface area (Å²) in [5, 5.41) is 9.19. The monoisotopic (exact) mass is 333 g/mol. The van der Waals surface area contributed by atoms with Crippen molar-refractivity contribution in [3.63, 3.8) is 0 Å². The number of carbonyl (C=O) groups is 2. The quantitative estimate of drug-likeness (QED) is 0.490. The molecule has 8 heteroatoms. The molecule has 0 saturated carbocycles. The van der Waals surface area contributed by atoms with E-state index < -0.39 is 47.0 Å². The first kappa shape index (κ1) is 19.0. The molecule has 0 heterocycles. The summed E-state index contributed by atoms with van der Waals surface area (Å²) in [5.41, 5.74) is 1.91. The van der Waals surface area contributed by atoms with E-state index in [4.69, 9.17) is 10.5 Å². The largest absolute Gasteiger partial charge is 0.479 e. The van der Waals surface area contributed by atoms with Gasteiger partial charge >= 0.3 is 11.9 Å². The lowest BCUT2D eigenvalue weighted by atomic mass is 9.91. The third kappa shape index (κ3) is 4.69. The van der Waals surface area contributed by atoms with Crippen molar-refractivity contribution in [1.29, 1.82) is 0 Å². The van der Waals surface area contributed by atoms with Gasteiger partial charge in [-0.05, 0) is 45.2 Å². The molecule has 0 amide bonds. The van der Waals surface area contributed by atoms with Crippen LogP contribution in [0.2, 0.25) is 0 Å². The molecule has 128 valence electrons. The van der Waals surface area contributed by atoms with E-state index in [1.54, 1.807) is 0 Å². The summed E-state index contributed by atoms with van der Waals surface area (Å²) in [7, 11) is 0. The fourth-order valence-electron chi connectivity index (χ4n) is 1.75. The average Bonchev–Trinajstić information content (AvgIpc) is 2.38. The van der Waals surface area contributed by atoms with Gasteiger partial charge in [-0.15, -0.1) is 0 Å². The maximum absolute atomic E-state index is 13.6. The summed E-state index contributed by atoms with van der Waals surface area (Å²) in [6.45, 7) is 4.59. The van der Waals surface area contributed by atoms with Crippen LogP contribution in [0.1, 0.15) is 32.8 Å². The van der Waals surface area contributed by atoms with E-state index in [2.05, 4.69) is 0 Å². The van der Waals surface area contributed by atoms with Crippen molar-refractivity contribution in [3.05, 3.63) is 35.1 Å². The summed E-state index contributed by atoms with van der Waals surface area (Å²) < 4.78 is 44.5. The minimum atomic E-state index is -2.43. The number of hydrogen-bond acceptors (Lipinski definition) is 4. The molecule has 0 spiro atoms. The van der Waals surface area contributed by atoms with E-state index in [0.717, 1.165) is 0 Å². The molecule has 1 rings (SSSR count). The Hall–Kier alpha value is -2.09. The highest BCUT2D eigenvalue weighted by Crippen LogP contribution is 2.21. The van der Waals surface area contributed by atoms with Gasteiger partial charge in [0.25, 0.3) is 0 Å². The predicted octanol–water partition coefficient (Wildman–Crippen LogP) is 2.16. The highest BCUT2D eigenvalue weighted by atomic mass is 19.2. The lowest BCUT2D eigenvalue weighted by molar-refractivity contribution is -0.169. The number of carboxylic acid groups (broad SMARTS) is 1. The molecule has 0 aliphatic carbocycles. The topological polar surface area (TPSA) is 89.6 Å². The number of halogens is 3. The molecule has 1 atom stereocenters. The summed E-state index contributed by atoms with van der Waals surface area (Å²) in [6.07, 6.45) is -0.926. The number of aryl methyl sites for hydroxylation is 1. The first-order valence-electron chi connectivity index (χ1n) is 6.76. The lowest BCUT2D eigenvalue weighted by Crippen LogP contribution is -2.57. The van der Waals surface area contributed by atoms with E-state index in [9.17, 15) is 27.9 Å².